The summed E-state index contributed by atoms with van der Waals surface area (Å²) in [4.78, 5) is 11.5. The van der Waals surface area contributed by atoms with Crippen LogP contribution in [0.15, 0.2) is 72.0 Å². The summed E-state index contributed by atoms with van der Waals surface area (Å²) in [6.07, 6.45) is 5.93. The Morgan fingerprint density at radius 3 is 2.88 bits per heavy atom. The van der Waals surface area contributed by atoms with Gasteiger partial charge in [-0.3, -0.25) is 0 Å². The van der Waals surface area contributed by atoms with Crippen molar-refractivity contribution >= 4 is 11.6 Å². The third-order valence-corrected chi connectivity index (χ3v) is 5.66. The second-order valence-corrected chi connectivity index (χ2v) is 8.06. The van der Waals surface area contributed by atoms with Crippen LogP contribution < -0.4 is 15.5 Å². The molecule has 1 aliphatic rings. The van der Waals surface area contributed by atoms with E-state index in [0.717, 1.165) is 56.5 Å². The van der Waals surface area contributed by atoms with E-state index in [2.05, 4.69) is 56.3 Å². The average molecular weight is 435 g/mol. The molecule has 7 heteroatoms. The van der Waals surface area contributed by atoms with Crippen LogP contribution in [0.25, 0.3) is 0 Å². The summed E-state index contributed by atoms with van der Waals surface area (Å²) >= 11 is 0. The Morgan fingerprint density at radius 1 is 1.19 bits per heavy atom. The van der Waals surface area contributed by atoms with Gasteiger partial charge in [0.25, 0.3) is 0 Å². The zero-order chi connectivity index (χ0) is 22.2. The Morgan fingerprint density at radius 2 is 2.06 bits per heavy atom. The van der Waals surface area contributed by atoms with Crippen molar-refractivity contribution < 1.29 is 4.39 Å². The van der Waals surface area contributed by atoms with Crippen LogP contribution in [-0.2, 0) is 13.1 Å². The predicted molar refractivity (Wildman–Crippen MR) is 127 cm³/mol. The Labute approximate surface area is 189 Å². The topological polar surface area (TPSA) is 57.5 Å². The number of anilines is 1. The van der Waals surface area contributed by atoms with Crippen LogP contribution in [0.1, 0.15) is 31.2 Å². The number of hydrogen-bond donors (Lipinski definition) is 2. The minimum Gasteiger partial charge on any atom is -0.369 e. The van der Waals surface area contributed by atoms with E-state index in [4.69, 9.17) is 4.99 Å². The van der Waals surface area contributed by atoms with Gasteiger partial charge in [0.15, 0.2) is 5.96 Å². The van der Waals surface area contributed by atoms with Crippen molar-refractivity contribution in [2.45, 2.75) is 38.9 Å². The lowest BCUT2D eigenvalue weighted by Crippen LogP contribution is -2.51. The molecule has 0 radical (unpaired) electrons. The summed E-state index contributed by atoms with van der Waals surface area (Å²) in [5.74, 6) is 1.52. The van der Waals surface area contributed by atoms with Crippen molar-refractivity contribution in [2.75, 3.05) is 24.5 Å². The highest BCUT2D eigenvalue weighted by atomic mass is 19.1. The predicted octanol–water partition coefficient (Wildman–Crippen LogP) is 3.79. The van der Waals surface area contributed by atoms with Crippen molar-refractivity contribution in [3.63, 3.8) is 0 Å². The number of piperidine rings is 1. The maximum atomic E-state index is 13.7. The highest BCUT2D eigenvalue weighted by Crippen LogP contribution is 2.20. The number of benzene rings is 2. The molecule has 4 rings (SSSR count). The summed E-state index contributed by atoms with van der Waals surface area (Å²) in [6.45, 7) is 5.87. The SMILES string of the molecule is CCNC(=NCc1nccn1Cc1ccccc1)NC1CCCN(c2cccc(F)c2)C1. The number of rotatable bonds is 7. The van der Waals surface area contributed by atoms with Crippen molar-refractivity contribution in [2.24, 2.45) is 4.99 Å². The summed E-state index contributed by atoms with van der Waals surface area (Å²) in [6, 6.07) is 17.4. The van der Waals surface area contributed by atoms with Gasteiger partial charge in [0.1, 0.15) is 18.2 Å². The van der Waals surface area contributed by atoms with Crippen molar-refractivity contribution in [1.82, 2.24) is 20.2 Å². The first-order valence-electron chi connectivity index (χ1n) is 11.3. The van der Waals surface area contributed by atoms with Crippen molar-refractivity contribution in [3.05, 3.63) is 84.2 Å². The van der Waals surface area contributed by atoms with E-state index in [1.807, 2.05) is 24.5 Å². The minimum atomic E-state index is -0.196. The first-order chi connectivity index (χ1) is 15.7. The lowest BCUT2D eigenvalue weighted by atomic mass is 10.0. The lowest BCUT2D eigenvalue weighted by Gasteiger charge is -2.35. The van der Waals surface area contributed by atoms with E-state index in [1.54, 1.807) is 12.1 Å². The van der Waals surface area contributed by atoms with Crippen molar-refractivity contribution in [1.29, 1.82) is 0 Å². The van der Waals surface area contributed by atoms with Crippen LogP contribution in [0.4, 0.5) is 10.1 Å². The molecule has 1 aliphatic heterocycles. The minimum absolute atomic E-state index is 0.196. The molecule has 2 heterocycles. The number of guanidine groups is 1. The Kier molecular flexibility index (Phi) is 7.38. The van der Waals surface area contributed by atoms with Gasteiger partial charge in [-0.2, -0.15) is 0 Å². The fraction of sp³-hybridized carbons (Fsp3) is 0.360. The summed E-state index contributed by atoms with van der Waals surface area (Å²) in [5.41, 5.74) is 2.17. The highest BCUT2D eigenvalue weighted by Gasteiger charge is 2.21. The Bertz CT molecular complexity index is 1020. The largest absolute Gasteiger partial charge is 0.369 e. The summed E-state index contributed by atoms with van der Waals surface area (Å²) in [7, 11) is 0. The highest BCUT2D eigenvalue weighted by molar-refractivity contribution is 5.80. The maximum absolute atomic E-state index is 13.7. The molecule has 0 amide bonds. The summed E-state index contributed by atoms with van der Waals surface area (Å²) in [5, 5.41) is 6.92. The van der Waals surface area contributed by atoms with Crippen LogP contribution in [0.5, 0.6) is 0 Å². The van der Waals surface area contributed by atoms with Gasteiger partial charge in [0.05, 0.1) is 0 Å². The first-order valence-corrected chi connectivity index (χ1v) is 11.3. The first kappa shape index (κ1) is 21.9. The van der Waals surface area contributed by atoms with Gasteiger partial charge < -0.3 is 20.1 Å². The number of nitrogens with one attached hydrogen (secondary N) is 2. The van der Waals surface area contributed by atoms with Gasteiger partial charge in [-0.05, 0) is 43.5 Å². The molecule has 0 saturated carbocycles. The molecule has 6 nitrogen and oxygen atoms in total. The average Bonchev–Trinajstić information content (AvgIpc) is 3.25. The molecule has 0 spiro atoms. The van der Waals surface area contributed by atoms with Gasteiger partial charge in [0.2, 0.25) is 0 Å². The zero-order valence-electron chi connectivity index (χ0n) is 18.5. The summed E-state index contributed by atoms with van der Waals surface area (Å²) < 4.78 is 15.8. The van der Waals surface area contributed by atoms with E-state index >= 15 is 0 Å². The standard InChI is InChI=1S/C25H31FN6/c1-2-27-25(29-17-24-28-13-15-32(24)18-20-8-4-3-5-9-20)30-22-11-7-14-31(19-22)23-12-6-10-21(26)16-23/h3-6,8-10,12-13,15-16,22H,2,7,11,14,17-19H2,1H3,(H2,27,29,30). The molecular weight excluding hydrogens is 403 g/mol. The molecule has 1 unspecified atom stereocenters. The number of aromatic nitrogens is 2. The normalized spacial score (nSPS) is 16.8. The van der Waals surface area contributed by atoms with Crippen molar-refractivity contribution in [3.8, 4) is 0 Å². The fourth-order valence-electron chi connectivity index (χ4n) is 4.08. The van der Waals surface area contributed by atoms with Crippen LogP contribution in [-0.4, -0.2) is 41.2 Å². The molecule has 0 aliphatic carbocycles. The van der Waals surface area contributed by atoms with Gasteiger partial charge in [-0.15, -0.1) is 0 Å². The van der Waals surface area contributed by atoms with E-state index in [-0.39, 0.29) is 11.9 Å². The van der Waals surface area contributed by atoms with E-state index in [0.29, 0.717) is 6.54 Å². The van der Waals surface area contributed by atoms with Crippen LogP contribution in [0, 0.1) is 5.82 Å². The quantitative estimate of drug-likeness (QED) is 0.439. The third kappa shape index (κ3) is 5.87. The maximum Gasteiger partial charge on any atom is 0.191 e. The molecule has 2 aromatic carbocycles. The van der Waals surface area contributed by atoms with E-state index < -0.39 is 0 Å². The Balaban J connectivity index is 1.40. The molecule has 1 atom stereocenters. The molecule has 2 N–H and O–H groups in total. The number of hydrogen-bond acceptors (Lipinski definition) is 3. The zero-order valence-corrected chi connectivity index (χ0v) is 18.5. The number of halogens is 1. The second-order valence-electron chi connectivity index (χ2n) is 8.06. The fourth-order valence-corrected chi connectivity index (χ4v) is 4.08. The molecular formula is C25H31FN6. The molecule has 0 bridgehead atoms. The molecule has 168 valence electrons. The molecule has 32 heavy (non-hydrogen) atoms. The molecule has 1 fully saturated rings. The monoisotopic (exact) mass is 434 g/mol. The second kappa shape index (κ2) is 10.8. The third-order valence-electron chi connectivity index (χ3n) is 5.66. The molecule has 3 aromatic rings. The number of nitrogens with zero attached hydrogens (tertiary/aromatic N) is 4. The van der Waals surface area contributed by atoms with Gasteiger partial charge >= 0.3 is 0 Å². The van der Waals surface area contributed by atoms with E-state index in [9.17, 15) is 4.39 Å². The smallest absolute Gasteiger partial charge is 0.191 e. The molecule has 1 aromatic heterocycles. The van der Waals surface area contributed by atoms with Crippen LogP contribution in [0.3, 0.4) is 0 Å². The Hall–Kier alpha value is -3.35. The van der Waals surface area contributed by atoms with Gasteiger partial charge in [-0.1, -0.05) is 36.4 Å². The van der Waals surface area contributed by atoms with E-state index in [1.165, 1.54) is 11.6 Å². The van der Waals surface area contributed by atoms with Crippen LogP contribution >= 0.6 is 0 Å². The number of imidazole rings is 1. The molecule has 1 saturated heterocycles. The number of aliphatic imine (C=N–C) groups is 1. The van der Waals surface area contributed by atoms with Gasteiger partial charge in [-0.25, -0.2) is 14.4 Å². The van der Waals surface area contributed by atoms with Gasteiger partial charge in [0, 0.05) is 50.3 Å². The lowest BCUT2D eigenvalue weighted by molar-refractivity contribution is 0.467. The van der Waals surface area contributed by atoms with Crippen LogP contribution in [0.2, 0.25) is 0 Å².